The van der Waals surface area contributed by atoms with Gasteiger partial charge in [-0.25, -0.2) is 0 Å². The molecule has 2 aromatic heterocycles. The molecule has 3 heterocycles. The molecule has 0 aliphatic carbocycles. The fourth-order valence-corrected chi connectivity index (χ4v) is 5.72. The van der Waals surface area contributed by atoms with E-state index in [1.807, 2.05) is 41.5 Å². The normalized spacial score (nSPS) is 15.7. The lowest BCUT2D eigenvalue weighted by atomic mass is 9.90. The van der Waals surface area contributed by atoms with Crippen molar-refractivity contribution in [2.45, 2.75) is 32.7 Å². The number of rotatable bonds is 6. The quantitative estimate of drug-likeness (QED) is 0.561. The fourth-order valence-electron chi connectivity index (χ4n) is 4.12. The first kappa shape index (κ1) is 20.8. The van der Waals surface area contributed by atoms with Gasteiger partial charge in [0, 0.05) is 22.8 Å². The van der Waals surface area contributed by atoms with Crippen LogP contribution in [0.1, 0.15) is 39.4 Å². The number of aryl methyl sites for hydroxylation is 1. The third kappa shape index (κ3) is 4.20. The molecule has 0 fully saturated rings. The van der Waals surface area contributed by atoms with Crippen LogP contribution in [0.2, 0.25) is 0 Å². The van der Waals surface area contributed by atoms with Crippen molar-refractivity contribution in [3.8, 4) is 0 Å². The molecule has 1 aliphatic heterocycles. The van der Waals surface area contributed by atoms with Gasteiger partial charge in [0.05, 0.1) is 19.0 Å². The molecule has 1 aromatic carbocycles. The number of nitrogens with zero attached hydrogens (tertiary/aromatic N) is 2. The second-order valence-corrected chi connectivity index (χ2v) is 9.59. The highest BCUT2D eigenvalue weighted by atomic mass is 32.1. The standard InChI is InChI=1S/C24H26N2O2S2/c1-3-25(22(27)15-18-8-6-13-29-18)16-23(28)26-12-10-21-20(11-14-30-21)24(26)19-9-5-4-7-17(19)2/h4-9,11,13-14,24H,3,10,12,15-16H2,1-2H3/t24-/m0/s1. The highest BCUT2D eigenvalue weighted by Crippen LogP contribution is 2.39. The van der Waals surface area contributed by atoms with Gasteiger partial charge < -0.3 is 9.80 Å². The van der Waals surface area contributed by atoms with Gasteiger partial charge in [0.15, 0.2) is 0 Å². The summed E-state index contributed by atoms with van der Waals surface area (Å²) in [6.45, 7) is 5.38. The van der Waals surface area contributed by atoms with Crippen LogP contribution in [-0.4, -0.2) is 41.2 Å². The van der Waals surface area contributed by atoms with Crippen molar-refractivity contribution in [2.24, 2.45) is 0 Å². The Bertz CT molecular complexity index is 1030. The number of thiophene rings is 2. The van der Waals surface area contributed by atoms with Crippen LogP contribution in [0.25, 0.3) is 0 Å². The van der Waals surface area contributed by atoms with Crippen molar-refractivity contribution >= 4 is 34.5 Å². The number of amides is 2. The minimum absolute atomic E-state index is 0.00831. The monoisotopic (exact) mass is 438 g/mol. The van der Waals surface area contributed by atoms with Crippen molar-refractivity contribution in [2.75, 3.05) is 19.6 Å². The highest BCUT2D eigenvalue weighted by molar-refractivity contribution is 7.10. The van der Waals surface area contributed by atoms with E-state index in [1.54, 1.807) is 27.6 Å². The summed E-state index contributed by atoms with van der Waals surface area (Å²) in [5.41, 5.74) is 3.57. The summed E-state index contributed by atoms with van der Waals surface area (Å²) in [7, 11) is 0. The Hall–Kier alpha value is -2.44. The maximum Gasteiger partial charge on any atom is 0.242 e. The second-order valence-electron chi connectivity index (χ2n) is 7.56. The Morgan fingerprint density at radius 1 is 1.07 bits per heavy atom. The molecular formula is C24H26N2O2S2. The summed E-state index contributed by atoms with van der Waals surface area (Å²) in [6, 6.07) is 14.3. The number of likely N-dealkylation sites (N-methyl/N-ethyl adjacent to an activating group) is 1. The topological polar surface area (TPSA) is 40.6 Å². The summed E-state index contributed by atoms with van der Waals surface area (Å²) >= 11 is 3.34. The van der Waals surface area contributed by atoms with Gasteiger partial charge in [0.2, 0.25) is 11.8 Å². The molecule has 0 bridgehead atoms. The molecule has 1 atom stereocenters. The molecule has 0 saturated heterocycles. The third-order valence-electron chi connectivity index (χ3n) is 5.74. The molecule has 0 spiro atoms. The summed E-state index contributed by atoms with van der Waals surface area (Å²) in [5, 5.41) is 4.09. The maximum absolute atomic E-state index is 13.4. The third-order valence-corrected chi connectivity index (χ3v) is 7.61. The van der Waals surface area contributed by atoms with Crippen LogP contribution < -0.4 is 0 Å². The van der Waals surface area contributed by atoms with Crippen molar-refractivity contribution in [1.29, 1.82) is 0 Å². The summed E-state index contributed by atoms with van der Waals surface area (Å²) in [4.78, 5) is 32.3. The highest BCUT2D eigenvalue weighted by Gasteiger charge is 2.34. The Labute approximate surface area is 185 Å². The lowest BCUT2D eigenvalue weighted by molar-refractivity contribution is -0.141. The van der Waals surface area contributed by atoms with E-state index in [4.69, 9.17) is 0 Å². The van der Waals surface area contributed by atoms with E-state index in [-0.39, 0.29) is 24.4 Å². The zero-order valence-electron chi connectivity index (χ0n) is 17.3. The minimum atomic E-state index is -0.0835. The zero-order valence-corrected chi connectivity index (χ0v) is 19.0. The van der Waals surface area contributed by atoms with E-state index < -0.39 is 0 Å². The summed E-state index contributed by atoms with van der Waals surface area (Å²) in [6.07, 6.45) is 1.23. The van der Waals surface area contributed by atoms with E-state index >= 15 is 0 Å². The zero-order chi connectivity index (χ0) is 21.1. The lowest BCUT2D eigenvalue weighted by Gasteiger charge is -2.38. The van der Waals surface area contributed by atoms with E-state index in [9.17, 15) is 9.59 Å². The first-order valence-corrected chi connectivity index (χ1v) is 12.1. The molecule has 2 amide bonds. The maximum atomic E-state index is 13.4. The lowest BCUT2D eigenvalue weighted by Crippen LogP contribution is -2.47. The van der Waals surface area contributed by atoms with Crippen LogP contribution in [0.15, 0.2) is 53.2 Å². The van der Waals surface area contributed by atoms with E-state index in [0.29, 0.717) is 19.5 Å². The number of hydrogen-bond acceptors (Lipinski definition) is 4. The molecule has 4 nitrogen and oxygen atoms in total. The first-order valence-electron chi connectivity index (χ1n) is 10.3. The largest absolute Gasteiger partial charge is 0.333 e. The number of benzene rings is 1. The van der Waals surface area contributed by atoms with Crippen molar-refractivity contribution in [3.63, 3.8) is 0 Å². The molecule has 156 valence electrons. The Kier molecular flexibility index (Phi) is 6.35. The van der Waals surface area contributed by atoms with Crippen molar-refractivity contribution in [1.82, 2.24) is 9.80 Å². The Morgan fingerprint density at radius 3 is 2.63 bits per heavy atom. The van der Waals surface area contributed by atoms with Crippen LogP contribution in [-0.2, 0) is 22.4 Å². The predicted octanol–water partition coefficient (Wildman–Crippen LogP) is 4.68. The van der Waals surface area contributed by atoms with E-state index in [2.05, 4.69) is 30.5 Å². The number of carbonyl (C=O) groups excluding carboxylic acids is 2. The molecule has 0 saturated carbocycles. The molecular weight excluding hydrogens is 412 g/mol. The van der Waals surface area contributed by atoms with Crippen LogP contribution in [0.5, 0.6) is 0 Å². The average molecular weight is 439 g/mol. The van der Waals surface area contributed by atoms with Gasteiger partial charge in [0.1, 0.15) is 0 Å². The number of carbonyl (C=O) groups is 2. The van der Waals surface area contributed by atoms with E-state index in [1.165, 1.54) is 16.0 Å². The minimum Gasteiger partial charge on any atom is -0.333 e. The van der Waals surface area contributed by atoms with Gasteiger partial charge in [0.25, 0.3) is 0 Å². The van der Waals surface area contributed by atoms with E-state index in [0.717, 1.165) is 16.9 Å². The average Bonchev–Trinajstić information content (AvgIpc) is 3.43. The molecule has 0 N–H and O–H groups in total. The summed E-state index contributed by atoms with van der Waals surface area (Å²) in [5.74, 6) is 0.0236. The van der Waals surface area contributed by atoms with Crippen LogP contribution in [0.4, 0.5) is 0 Å². The summed E-state index contributed by atoms with van der Waals surface area (Å²) < 4.78 is 0. The second kappa shape index (κ2) is 9.14. The SMILES string of the molecule is CCN(CC(=O)N1CCc2sccc2[C@@H]1c1ccccc1C)C(=O)Cc1cccs1. The number of hydrogen-bond donors (Lipinski definition) is 0. The molecule has 0 unspecified atom stereocenters. The predicted molar refractivity (Wildman–Crippen MR) is 123 cm³/mol. The number of fused-ring (bicyclic) bond motifs is 1. The van der Waals surface area contributed by atoms with Gasteiger partial charge in [-0.1, -0.05) is 30.3 Å². The van der Waals surface area contributed by atoms with Crippen molar-refractivity contribution in [3.05, 3.63) is 79.7 Å². The van der Waals surface area contributed by atoms with Crippen LogP contribution >= 0.6 is 22.7 Å². The Morgan fingerprint density at radius 2 is 1.90 bits per heavy atom. The Balaban J connectivity index is 1.57. The molecule has 3 aromatic rings. The fraction of sp³-hybridized carbons (Fsp3) is 0.333. The van der Waals surface area contributed by atoms with Gasteiger partial charge in [-0.15, -0.1) is 22.7 Å². The van der Waals surface area contributed by atoms with Gasteiger partial charge in [-0.2, -0.15) is 0 Å². The van der Waals surface area contributed by atoms with Gasteiger partial charge in [-0.05, 0) is 59.9 Å². The van der Waals surface area contributed by atoms with Gasteiger partial charge in [-0.3, -0.25) is 9.59 Å². The molecule has 30 heavy (non-hydrogen) atoms. The van der Waals surface area contributed by atoms with Crippen LogP contribution in [0, 0.1) is 6.92 Å². The molecule has 4 rings (SSSR count). The first-order chi connectivity index (χ1) is 14.6. The smallest absolute Gasteiger partial charge is 0.242 e. The molecule has 1 aliphatic rings. The van der Waals surface area contributed by atoms with Crippen molar-refractivity contribution < 1.29 is 9.59 Å². The molecule has 6 heteroatoms. The van der Waals surface area contributed by atoms with Crippen LogP contribution in [0.3, 0.4) is 0 Å². The van der Waals surface area contributed by atoms with Gasteiger partial charge >= 0.3 is 0 Å². The molecule has 0 radical (unpaired) electrons.